The molecule has 2 N–H and O–H groups in total. The summed E-state index contributed by atoms with van der Waals surface area (Å²) in [5.41, 5.74) is 1.68. The van der Waals surface area contributed by atoms with Gasteiger partial charge in [0.25, 0.3) is 0 Å². The summed E-state index contributed by atoms with van der Waals surface area (Å²) in [6, 6.07) is 5.61. The van der Waals surface area contributed by atoms with Crippen LogP contribution in [0.15, 0.2) is 36.7 Å². The summed E-state index contributed by atoms with van der Waals surface area (Å²) in [5, 5.41) is 17.1. The smallest absolute Gasteiger partial charge is 0.318 e. The van der Waals surface area contributed by atoms with Crippen LogP contribution in [0.5, 0.6) is 0 Å². The number of amides is 2. The zero-order valence-electron chi connectivity index (χ0n) is 13.5. The van der Waals surface area contributed by atoms with E-state index in [0.29, 0.717) is 24.9 Å². The molecule has 1 aromatic carbocycles. The minimum Gasteiger partial charge on any atom is -0.391 e. The highest BCUT2D eigenvalue weighted by molar-refractivity contribution is 5.75. The van der Waals surface area contributed by atoms with Crippen molar-refractivity contribution >= 4 is 6.03 Å². The van der Waals surface area contributed by atoms with Gasteiger partial charge in [-0.2, -0.15) is 5.10 Å². The molecule has 7 heteroatoms. The summed E-state index contributed by atoms with van der Waals surface area (Å²) < 4.78 is 14.9. The van der Waals surface area contributed by atoms with Gasteiger partial charge in [0.1, 0.15) is 5.82 Å². The molecule has 0 spiro atoms. The number of urea groups is 1. The second-order valence-corrected chi connectivity index (χ2v) is 6.13. The Labute approximate surface area is 139 Å². The molecule has 24 heavy (non-hydrogen) atoms. The standard InChI is InChI=1S/C17H21FN4O2/c1-21-11-13(10-20-21)8-15-16(23)5-6-22(15)17(24)19-9-12-3-2-4-14(18)7-12/h2-4,7,10-11,15-16,23H,5-6,8-9H2,1H3,(H,19,24)/t15-,16-/m0/s1. The van der Waals surface area contributed by atoms with Crippen molar-refractivity contribution in [1.82, 2.24) is 20.0 Å². The van der Waals surface area contributed by atoms with Crippen LogP contribution in [0.1, 0.15) is 17.5 Å². The van der Waals surface area contributed by atoms with E-state index in [1.807, 2.05) is 13.2 Å². The van der Waals surface area contributed by atoms with E-state index in [4.69, 9.17) is 0 Å². The minimum absolute atomic E-state index is 0.246. The summed E-state index contributed by atoms with van der Waals surface area (Å²) in [6.07, 6.45) is 4.19. The van der Waals surface area contributed by atoms with E-state index in [-0.39, 0.29) is 24.4 Å². The zero-order chi connectivity index (χ0) is 17.1. The third-order valence-electron chi connectivity index (χ3n) is 4.31. The van der Waals surface area contributed by atoms with Gasteiger partial charge in [-0.3, -0.25) is 4.68 Å². The molecule has 1 fully saturated rings. The zero-order valence-corrected chi connectivity index (χ0v) is 13.5. The van der Waals surface area contributed by atoms with E-state index < -0.39 is 6.10 Å². The fourth-order valence-corrected chi connectivity index (χ4v) is 3.08. The van der Waals surface area contributed by atoms with Gasteiger partial charge in [0.05, 0.1) is 18.3 Å². The molecule has 1 aliphatic rings. The number of hydrogen-bond acceptors (Lipinski definition) is 3. The summed E-state index contributed by atoms with van der Waals surface area (Å²) in [4.78, 5) is 14.1. The average Bonchev–Trinajstić information content (AvgIpc) is 3.12. The Morgan fingerprint density at radius 3 is 3.00 bits per heavy atom. The van der Waals surface area contributed by atoms with Crippen molar-refractivity contribution in [3.63, 3.8) is 0 Å². The number of benzene rings is 1. The molecule has 0 bridgehead atoms. The number of nitrogens with one attached hydrogen (secondary N) is 1. The molecule has 3 rings (SSSR count). The summed E-state index contributed by atoms with van der Waals surface area (Å²) >= 11 is 0. The molecule has 0 aliphatic carbocycles. The van der Waals surface area contributed by atoms with Crippen molar-refractivity contribution in [3.8, 4) is 0 Å². The fraction of sp³-hybridized carbons (Fsp3) is 0.412. The first-order chi connectivity index (χ1) is 11.5. The first-order valence-electron chi connectivity index (χ1n) is 7.97. The number of rotatable bonds is 4. The molecule has 128 valence electrons. The Morgan fingerprint density at radius 1 is 1.46 bits per heavy atom. The van der Waals surface area contributed by atoms with Crippen molar-refractivity contribution in [2.24, 2.45) is 7.05 Å². The van der Waals surface area contributed by atoms with Gasteiger partial charge in [-0.05, 0) is 36.1 Å². The summed E-state index contributed by atoms with van der Waals surface area (Å²) in [7, 11) is 1.83. The lowest BCUT2D eigenvalue weighted by Gasteiger charge is -2.26. The number of aliphatic hydroxyl groups excluding tert-OH is 1. The Hall–Kier alpha value is -2.41. The molecule has 2 heterocycles. The number of aryl methyl sites for hydroxylation is 1. The monoisotopic (exact) mass is 332 g/mol. The number of nitrogens with zero attached hydrogens (tertiary/aromatic N) is 3. The van der Waals surface area contributed by atoms with Crippen LogP contribution in [0.25, 0.3) is 0 Å². The average molecular weight is 332 g/mol. The number of aliphatic hydroxyl groups is 1. The van der Waals surface area contributed by atoms with E-state index >= 15 is 0 Å². The first-order valence-corrected chi connectivity index (χ1v) is 7.97. The van der Waals surface area contributed by atoms with Crippen LogP contribution in [0.2, 0.25) is 0 Å². The van der Waals surface area contributed by atoms with Gasteiger partial charge in [-0.1, -0.05) is 12.1 Å². The summed E-state index contributed by atoms with van der Waals surface area (Å²) in [5.74, 6) is -0.326. The molecular weight excluding hydrogens is 311 g/mol. The maximum Gasteiger partial charge on any atom is 0.318 e. The molecule has 0 unspecified atom stereocenters. The molecule has 0 radical (unpaired) electrons. The molecule has 0 saturated carbocycles. The Balaban J connectivity index is 1.62. The SMILES string of the molecule is Cn1cc(C[C@H]2[C@@H](O)CCN2C(=O)NCc2cccc(F)c2)cn1. The van der Waals surface area contributed by atoms with Crippen LogP contribution >= 0.6 is 0 Å². The van der Waals surface area contributed by atoms with Gasteiger partial charge in [0.2, 0.25) is 0 Å². The normalized spacial score (nSPS) is 20.4. The maximum absolute atomic E-state index is 13.2. The van der Waals surface area contributed by atoms with Gasteiger partial charge in [0, 0.05) is 26.3 Å². The number of likely N-dealkylation sites (tertiary alicyclic amines) is 1. The van der Waals surface area contributed by atoms with Crippen LogP contribution in [0.4, 0.5) is 9.18 Å². The number of aromatic nitrogens is 2. The number of carbonyl (C=O) groups excluding carboxylic acids is 1. The van der Waals surface area contributed by atoms with Crippen LogP contribution in [-0.4, -0.2) is 44.5 Å². The quantitative estimate of drug-likeness (QED) is 0.890. The van der Waals surface area contributed by atoms with E-state index in [9.17, 15) is 14.3 Å². The Bertz CT molecular complexity index is 718. The Morgan fingerprint density at radius 2 is 2.29 bits per heavy atom. The van der Waals surface area contributed by atoms with Crippen molar-refractivity contribution in [3.05, 3.63) is 53.6 Å². The molecule has 2 atom stereocenters. The second-order valence-electron chi connectivity index (χ2n) is 6.13. The lowest BCUT2D eigenvalue weighted by atomic mass is 10.0. The first kappa shape index (κ1) is 16.4. The van der Waals surface area contributed by atoms with Crippen molar-refractivity contribution in [1.29, 1.82) is 0 Å². The molecule has 1 aliphatic heterocycles. The number of hydrogen-bond donors (Lipinski definition) is 2. The van der Waals surface area contributed by atoms with Crippen LogP contribution in [-0.2, 0) is 20.0 Å². The molecule has 1 saturated heterocycles. The van der Waals surface area contributed by atoms with Crippen LogP contribution < -0.4 is 5.32 Å². The predicted molar refractivity (Wildman–Crippen MR) is 86.7 cm³/mol. The second kappa shape index (κ2) is 7.00. The van der Waals surface area contributed by atoms with Gasteiger partial charge >= 0.3 is 6.03 Å². The molecule has 2 aromatic rings. The Kier molecular flexibility index (Phi) is 4.80. The highest BCUT2D eigenvalue weighted by atomic mass is 19.1. The van der Waals surface area contributed by atoms with Gasteiger partial charge in [-0.15, -0.1) is 0 Å². The maximum atomic E-state index is 13.2. The third-order valence-corrected chi connectivity index (χ3v) is 4.31. The van der Waals surface area contributed by atoms with Crippen molar-refractivity contribution < 1.29 is 14.3 Å². The molecular formula is C17H21FN4O2. The number of carbonyl (C=O) groups is 1. The van der Waals surface area contributed by atoms with Crippen molar-refractivity contribution in [2.45, 2.75) is 31.5 Å². The largest absolute Gasteiger partial charge is 0.391 e. The highest BCUT2D eigenvalue weighted by Crippen LogP contribution is 2.22. The van der Waals surface area contributed by atoms with E-state index in [1.165, 1.54) is 12.1 Å². The van der Waals surface area contributed by atoms with Gasteiger partial charge in [0.15, 0.2) is 0 Å². The fourth-order valence-electron chi connectivity index (χ4n) is 3.08. The topological polar surface area (TPSA) is 70.4 Å². The predicted octanol–water partition coefficient (Wildman–Crippen LogP) is 1.45. The van der Waals surface area contributed by atoms with Gasteiger partial charge < -0.3 is 15.3 Å². The van der Waals surface area contributed by atoms with E-state index in [0.717, 1.165) is 5.56 Å². The van der Waals surface area contributed by atoms with Crippen LogP contribution in [0.3, 0.4) is 0 Å². The lowest BCUT2D eigenvalue weighted by molar-refractivity contribution is 0.122. The lowest BCUT2D eigenvalue weighted by Crippen LogP contribution is -2.46. The summed E-state index contributed by atoms with van der Waals surface area (Å²) in [6.45, 7) is 0.754. The molecule has 6 nitrogen and oxygen atoms in total. The van der Waals surface area contributed by atoms with E-state index in [2.05, 4.69) is 10.4 Å². The van der Waals surface area contributed by atoms with E-state index in [1.54, 1.807) is 27.9 Å². The molecule has 2 amide bonds. The molecule has 1 aromatic heterocycles. The number of halogens is 1. The third kappa shape index (κ3) is 3.73. The van der Waals surface area contributed by atoms with Crippen molar-refractivity contribution in [2.75, 3.05) is 6.54 Å². The highest BCUT2D eigenvalue weighted by Gasteiger charge is 2.36. The van der Waals surface area contributed by atoms with Crippen LogP contribution in [0, 0.1) is 5.82 Å². The van der Waals surface area contributed by atoms with Gasteiger partial charge in [-0.25, -0.2) is 9.18 Å². The minimum atomic E-state index is -0.551.